The molecule has 3 nitrogen and oxygen atoms in total. The molecular formula is C17H21ClN2O. The van der Waals surface area contributed by atoms with Gasteiger partial charge in [-0.05, 0) is 49.6 Å². The van der Waals surface area contributed by atoms with E-state index < -0.39 is 0 Å². The van der Waals surface area contributed by atoms with Gasteiger partial charge in [0.1, 0.15) is 5.75 Å². The van der Waals surface area contributed by atoms with Gasteiger partial charge in [-0.3, -0.25) is 5.84 Å². The predicted octanol–water partition coefficient (Wildman–Crippen LogP) is 3.99. The molecule has 112 valence electrons. The van der Waals surface area contributed by atoms with Crippen LogP contribution in [0, 0.1) is 6.92 Å². The standard InChI is InChI=1S/C17H21ClN2O/c1-11(2)21-14-8-5-7-13(10-14)17(20-19)15-9-4-6-12(3)16(15)18/h4-11,17,20H,19H2,1-3H3. The minimum Gasteiger partial charge on any atom is -0.491 e. The van der Waals surface area contributed by atoms with Crippen molar-refractivity contribution in [2.75, 3.05) is 0 Å². The summed E-state index contributed by atoms with van der Waals surface area (Å²) in [5, 5.41) is 0.732. The predicted molar refractivity (Wildman–Crippen MR) is 87.6 cm³/mol. The van der Waals surface area contributed by atoms with Crippen LogP contribution in [0.1, 0.15) is 36.6 Å². The van der Waals surface area contributed by atoms with Crippen LogP contribution in [0.25, 0.3) is 0 Å². The van der Waals surface area contributed by atoms with Crippen molar-refractivity contribution in [2.45, 2.75) is 32.9 Å². The summed E-state index contributed by atoms with van der Waals surface area (Å²) in [6.07, 6.45) is 0.132. The van der Waals surface area contributed by atoms with E-state index in [9.17, 15) is 0 Å². The zero-order valence-electron chi connectivity index (χ0n) is 12.6. The van der Waals surface area contributed by atoms with E-state index in [-0.39, 0.29) is 12.1 Å². The smallest absolute Gasteiger partial charge is 0.120 e. The molecule has 2 rings (SSSR count). The van der Waals surface area contributed by atoms with Crippen molar-refractivity contribution in [3.63, 3.8) is 0 Å². The third kappa shape index (κ3) is 3.76. The summed E-state index contributed by atoms with van der Waals surface area (Å²) < 4.78 is 5.74. The highest BCUT2D eigenvalue weighted by atomic mass is 35.5. The molecule has 0 fully saturated rings. The summed E-state index contributed by atoms with van der Waals surface area (Å²) in [4.78, 5) is 0. The number of hydrogen-bond acceptors (Lipinski definition) is 3. The summed E-state index contributed by atoms with van der Waals surface area (Å²) in [7, 11) is 0. The Labute approximate surface area is 131 Å². The van der Waals surface area contributed by atoms with Gasteiger partial charge in [0.15, 0.2) is 0 Å². The lowest BCUT2D eigenvalue weighted by Crippen LogP contribution is -2.29. The number of aryl methyl sites for hydroxylation is 1. The van der Waals surface area contributed by atoms with Gasteiger partial charge in [-0.1, -0.05) is 41.9 Å². The fourth-order valence-electron chi connectivity index (χ4n) is 2.30. The molecule has 0 aromatic heterocycles. The summed E-state index contributed by atoms with van der Waals surface area (Å²) >= 11 is 6.41. The fourth-order valence-corrected chi connectivity index (χ4v) is 2.53. The molecule has 2 aromatic carbocycles. The van der Waals surface area contributed by atoms with Crippen molar-refractivity contribution >= 4 is 11.6 Å². The van der Waals surface area contributed by atoms with Gasteiger partial charge < -0.3 is 4.74 Å². The van der Waals surface area contributed by atoms with Gasteiger partial charge in [-0.2, -0.15) is 0 Å². The zero-order chi connectivity index (χ0) is 15.4. The van der Waals surface area contributed by atoms with Gasteiger partial charge in [0, 0.05) is 5.02 Å². The first-order chi connectivity index (χ1) is 10.0. The highest BCUT2D eigenvalue weighted by molar-refractivity contribution is 6.32. The number of nitrogens with one attached hydrogen (secondary N) is 1. The molecule has 0 aliphatic heterocycles. The Hall–Kier alpha value is -1.55. The van der Waals surface area contributed by atoms with Crippen molar-refractivity contribution in [2.24, 2.45) is 5.84 Å². The Morgan fingerprint density at radius 3 is 2.52 bits per heavy atom. The fraction of sp³-hybridized carbons (Fsp3) is 0.294. The van der Waals surface area contributed by atoms with Crippen LogP contribution in [0.5, 0.6) is 5.75 Å². The molecule has 0 amide bonds. The van der Waals surface area contributed by atoms with Gasteiger partial charge in [0.25, 0.3) is 0 Å². The molecule has 4 heteroatoms. The molecule has 0 spiro atoms. The molecule has 0 saturated carbocycles. The van der Waals surface area contributed by atoms with E-state index in [0.717, 1.165) is 27.5 Å². The summed E-state index contributed by atoms with van der Waals surface area (Å²) in [5.74, 6) is 6.58. The third-order valence-electron chi connectivity index (χ3n) is 3.26. The van der Waals surface area contributed by atoms with Crippen LogP contribution in [0.2, 0.25) is 5.02 Å². The molecule has 3 N–H and O–H groups in total. The van der Waals surface area contributed by atoms with E-state index in [1.165, 1.54) is 0 Å². The maximum atomic E-state index is 6.41. The monoisotopic (exact) mass is 304 g/mol. The summed E-state index contributed by atoms with van der Waals surface area (Å²) in [5.41, 5.74) is 5.85. The normalized spacial score (nSPS) is 12.5. The van der Waals surface area contributed by atoms with E-state index in [0.29, 0.717) is 0 Å². The van der Waals surface area contributed by atoms with Gasteiger partial charge in [-0.25, -0.2) is 5.43 Å². The maximum Gasteiger partial charge on any atom is 0.120 e. The van der Waals surface area contributed by atoms with Crippen molar-refractivity contribution in [3.05, 3.63) is 64.2 Å². The highest BCUT2D eigenvalue weighted by Gasteiger charge is 2.17. The van der Waals surface area contributed by atoms with Gasteiger partial charge in [0.05, 0.1) is 12.1 Å². The summed E-state index contributed by atoms with van der Waals surface area (Å²) in [6, 6.07) is 13.7. The number of halogens is 1. The molecule has 21 heavy (non-hydrogen) atoms. The molecular weight excluding hydrogens is 284 g/mol. The Balaban J connectivity index is 2.39. The number of hydrogen-bond donors (Lipinski definition) is 2. The Bertz CT molecular complexity index is 613. The second-order valence-corrected chi connectivity index (χ2v) is 5.69. The van der Waals surface area contributed by atoms with Crippen molar-refractivity contribution in [1.29, 1.82) is 0 Å². The Morgan fingerprint density at radius 2 is 1.86 bits per heavy atom. The lowest BCUT2D eigenvalue weighted by molar-refractivity contribution is 0.242. The number of ether oxygens (including phenoxy) is 1. The third-order valence-corrected chi connectivity index (χ3v) is 3.78. The second kappa shape index (κ2) is 6.94. The summed E-state index contributed by atoms with van der Waals surface area (Å²) in [6.45, 7) is 5.99. The Kier molecular flexibility index (Phi) is 5.23. The van der Waals surface area contributed by atoms with E-state index >= 15 is 0 Å². The van der Waals surface area contributed by atoms with Crippen LogP contribution < -0.4 is 16.0 Å². The average molecular weight is 305 g/mol. The van der Waals surface area contributed by atoms with Gasteiger partial charge in [-0.15, -0.1) is 0 Å². The second-order valence-electron chi connectivity index (χ2n) is 5.32. The van der Waals surface area contributed by atoms with E-state index in [1.54, 1.807) is 0 Å². The van der Waals surface area contributed by atoms with Gasteiger partial charge >= 0.3 is 0 Å². The largest absolute Gasteiger partial charge is 0.491 e. The van der Waals surface area contributed by atoms with E-state index in [4.69, 9.17) is 22.2 Å². The SMILES string of the molecule is Cc1cccc(C(NN)c2cccc(OC(C)C)c2)c1Cl. The number of hydrazine groups is 1. The first kappa shape index (κ1) is 15.8. The van der Waals surface area contributed by atoms with Gasteiger partial charge in [0.2, 0.25) is 0 Å². The zero-order valence-corrected chi connectivity index (χ0v) is 13.3. The lowest BCUT2D eigenvalue weighted by Gasteiger charge is -2.20. The lowest BCUT2D eigenvalue weighted by atomic mass is 9.97. The number of rotatable bonds is 5. The molecule has 0 aliphatic carbocycles. The van der Waals surface area contributed by atoms with E-state index in [2.05, 4.69) is 5.43 Å². The highest BCUT2D eigenvalue weighted by Crippen LogP contribution is 2.31. The van der Waals surface area contributed by atoms with Crippen LogP contribution >= 0.6 is 11.6 Å². The van der Waals surface area contributed by atoms with Crippen LogP contribution in [0.15, 0.2) is 42.5 Å². The average Bonchev–Trinajstić information content (AvgIpc) is 2.44. The first-order valence-electron chi connectivity index (χ1n) is 7.00. The number of benzene rings is 2. The van der Waals surface area contributed by atoms with Crippen LogP contribution in [-0.4, -0.2) is 6.10 Å². The van der Waals surface area contributed by atoms with Crippen LogP contribution in [0.4, 0.5) is 0 Å². The minimum absolute atomic E-state index is 0.132. The van der Waals surface area contributed by atoms with Crippen molar-refractivity contribution in [1.82, 2.24) is 5.43 Å². The van der Waals surface area contributed by atoms with Crippen LogP contribution in [-0.2, 0) is 0 Å². The molecule has 0 radical (unpaired) electrons. The molecule has 1 atom stereocenters. The quantitative estimate of drug-likeness (QED) is 0.648. The number of nitrogens with two attached hydrogens (primary N) is 1. The molecule has 2 aromatic rings. The van der Waals surface area contributed by atoms with Crippen LogP contribution in [0.3, 0.4) is 0 Å². The van der Waals surface area contributed by atoms with E-state index in [1.807, 2.05) is 63.2 Å². The molecule has 0 aliphatic rings. The topological polar surface area (TPSA) is 47.3 Å². The molecule has 0 bridgehead atoms. The maximum absolute atomic E-state index is 6.41. The molecule has 0 saturated heterocycles. The molecule has 0 heterocycles. The van der Waals surface area contributed by atoms with Crippen molar-refractivity contribution < 1.29 is 4.74 Å². The van der Waals surface area contributed by atoms with Crippen molar-refractivity contribution in [3.8, 4) is 5.75 Å². The Morgan fingerprint density at radius 1 is 1.14 bits per heavy atom. The molecule has 1 unspecified atom stereocenters. The first-order valence-corrected chi connectivity index (χ1v) is 7.38. The minimum atomic E-state index is -0.173.